The summed E-state index contributed by atoms with van der Waals surface area (Å²) in [6, 6.07) is 14.0. The van der Waals surface area contributed by atoms with Crippen LogP contribution in [0.1, 0.15) is 41.0 Å². The molecule has 0 aliphatic carbocycles. The third-order valence-corrected chi connectivity index (χ3v) is 5.73. The molecule has 5 nitrogen and oxygen atoms in total. The second-order valence-corrected chi connectivity index (χ2v) is 7.81. The molecule has 2 heterocycles. The predicted molar refractivity (Wildman–Crippen MR) is 109 cm³/mol. The molecule has 0 saturated carbocycles. The Morgan fingerprint density at radius 1 is 1.07 bits per heavy atom. The van der Waals surface area contributed by atoms with Crippen LogP contribution in [-0.4, -0.2) is 54.3 Å². The largest absolute Gasteiger partial charge is 0.348 e. The fourth-order valence-electron chi connectivity index (χ4n) is 3.40. The van der Waals surface area contributed by atoms with E-state index in [9.17, 15) is 9.59 Å². The van der Waals surface area contributed by atoms with Crippen molar-refractivity contribution >= 4 is 23.2 Å². The summed E-state index contributed by atoms with van der Waals surface area (Å²) in [5.74, 6) is 0.150. The average molecular weight is 386 g/mol. The molecule has 0 radical (unpaired) electrons. The van der Waals surface area contributed by atoms with Crippen molar-refractivity contribution in [3.05, 3.63) is 58.3 Å². The summed E-state index contributed by atoms with van der Waals surface area (Å²) in [5, 5.41) is 5.10. The monoisotopic (exact) mass is 385 g/mol. The molecule has 1 aliphatic heterocycles. The number of carbonyl (C=O) groups is 2. The van der Waals surface area contributed by atoms with E-state index < -0.39 is 0 Å². The number of amides is 2. The number of thiophene rings is 1. The average Bonchev–Trinajstić information content (AvgIpc) is 3.23. The topological polar surface area (TPSA) is 52.7 Å². The van der Waals surface area contributed by atoms with Gasteiger partial charge in [0.25, 0.3) is 5.91 Å². The smallest absolute Gasteiger partial charge is 0.264 e. The van der Waals surface area contributed by atoms with Crippen LogP contribution in [0.15, 0.2) is 47.8 Å². The number of carbonyl (C=O) groups excluding carboxylic acids is 2. The summed E-state index contributed by atoms with van der Waals surface area (Å²) >= 11 is 1.48. The van der Waals surface area contributed by atoms with E-state index in [0.717, 1.165) is 36.4 Å². The maximum atomic E-state index is 12.5. The standard InChI is InChI=1S/C21H27N3O2S/c1-2-7-18(17-8-4-3-5-9-17)22-20(25)16-23-11-13-24(14-12-23)21(26)19-10-6-15-27-19/h3-6,8-10,15,18H,2,7,11-14,16H2,1H3,(H,22,25). The first-order chi connectivity index (χ1) is 13.2. The molecule has 1 unspecified atom stereocenters. The summed E-state index contributed by atoms with van der Waals surface area (Å²) in [5.41, 5.74) is 1.15. The van der Waals surface area contributed by atoms with Crippen LogP contribution < -0.4 is 5.32 Å². The van der Waals surface area contributed by atoms with Crippen LogP contribution >= 0.6 is 11.3 Å². The van der Waals surface area contributed by atoms with Crippen LogP contribution in [0.25, 0.3) is 0 Å². The zero-order chi connectivity index (χ0) is 19.1. The first kappa shape index (κ1) is 19.6. The Morgan fingerprint density at radius 3 is 2.44 bits per heavy atom. The van der Waals surface area contributed by atoms with Crippen molar-refractivity contribution in [1.29, 1.82) is 0 Å². The predicted octanol–water partition coefficient (Wildman–Crippen LogP) is 3.16. The van der Waals surface area contributed by atoms with Crippen molar-refractivity contribution in [2.75, 3.05) is 32.7 Å². The van der Waals surface area contributed by atoms with Gasteiger partial charge in [-0.3, -0.25) is 14.5 Å². The van der Waals surface area contributed by atoms with Crippen molar-refractivity contribution in [2.45, 2.75) is 25.8 Å². The molecule has 1 N–H and O–H groups in total. The highest BCUT2D eigenvalue weighted by atomic mass is 32.1. The fraction of sp³-hybridized carbons (Fsp3) is 0.429. The van der Waals surface area contributed by atoms with Crippen LogP contribution in [0.2, 0.25) is 0 Å². The number of rotatable bonds is 7. The lowest BCUT2D eigenvalue weighted by atomic mass is 10.0. The Labute approximate surface area is 165 Å². The second-order valence-electron chi connectivity index (χ2n) is 6.87. The molecule has 0 bridgehead atoms. The van der Waals surface area contributed by atoms with Gasteiger partial charge in [0.15, 0.2) is 0 Å². The summed E-state index contributed by atoms with van der Waals surface area (Å²) in [4.78, 5) is 29.7. The lowest BCUT2D eigenvalue weighted by molar-refractivity contribution is -0.123. The number of hydrogen-bond donors (Lipinski definition) is 1. The molecular formula is C21H27N3O2S. The van der Waals surface area contributed by atoms with Gasteiger partial charge in [-0.15, -0.1) is 11.3 Å². The molecule has 2 aromatic rings. The molecule has 0 spiro atoms. The summed E-state index contributed by atoms with van der Waals surface area (Å²) in [6.07, 6.45) is 1.95. The van der Waals surface area contributed by atoms with Gasteiger partial charge in [-0.25, -0.2) is 0 Å². The van der Waals surface area contributed by atoms with E-state index in [-0.39, 0.29) is 17.9 Å². The molecule has 1 saturated heterocycles. The van der Waals surface area contributed by atoms with Gasteiger partial charge in [0.1, 0.15) is 0 Å². The molecule has 1 atom stereocenters. The number of piperazine rings is 1. The first-order valence-corrected chi connectivity index (χ1v) is 10.4. The maximum Gasteiger partial charge on any atom is 0.264 e. The molecular weight excluding hydrogens is 358 g/mol. The fourth-order valence-corrected chi connectivity index (χ4v) is 4.10. The normalized spacial score (nSPS) is 16.1. The van der Waals surface area contributed by atoms with Crippen LogP contribution in [0.5, 0.6) is 0 Å². The Bertz CT molecular complexity index is 725. The van der Waals surface area contributed by atoms with Crippen molar-refractivity contribution in [3.8, 4) is 0 Å². The number of hydrogen-bond acceptors (Lipinski definition) is 4. The SMILES string of the molecule is CCCC(NC(=O)CN1CCN(C(=O)c2cccs2)CC1)c1ccccc1. The van der Waals surface area contributed by atoms with Crippen LogP contribution in [0.4, 0.5) is 0 Å². The molecule has 1 aromatic carbocycles. The van der Waals surface area contributed by atoms with Gasteiger partial charge in [0.05, 0.1) is 17.5 Å². The zero-order valence-corrected chi connectivity index (χ0v) is 16.6. The highest BCUT2D eigenvalue weighted by molar-refractivity contribution is 7.12. The highest BCUT2D eigenvalue weighted by Crippen LogP contribution is 2.18. The molecule has 144 valence electrons. The molecule has 1 fully saturated rings. The minimum atomic E-state index is 0.0512. The van der Waals surface area contributed by atoms with Gasteiger partial charge in [-0.1, -0.05) is 49.7 Å². The van der Waals surface area contributed by atoms with E-state index in [4.69, 9.17) is 0 Å². The van der Waals surface area contributed by atoms with Crippen molar-refractivity contribution in [2.24, 2.45) is 0 Å². The summed E-state index contributed by atoms with van der Waals surface area (Å²) in [6.45, 7) is 5.31. The highest BCUT2D eigenvalue weighted by Gasteiger charge is 2.24. The Balaban J connectivity index is 1.48. The number of benzene rings is 1. The summed E-state index contributed by atoms with van der Waals surface area (Å²) < 4.78 is 0. The Kier molecular flexibility index (Phi) is 7.01. The van der Waals surface area contributed by atoms with Gasteiger partial charge in [0.2, 0.25) is 5.91 Å². The molecule has 3 rings (SSSR count). The van der Waals surface area contributed by atoms with Gasteiger partial charge in [-0.2, -0.15) is 0 Å². The molecule has 1 aromatic heterocycles. The lowest BCUT2D eigenvalue weighted by Crippen LogP contribution is -2.51. The van der Waals surface area contributed by atoms with E-state index in [1.54, 1.807) is 0 Å². The third kappa shape index (κ3) is 5.40. The second kappa shape index (κ2) is 9.67. The summed E-state index contributed by atoms with van der Waals surface area (Å²) in [7, 11) is 0. The molecule has 6 heteroatoms. The minimum Gasteiger partial charge on any atom is -0.348 e. The number of nitrogens with zero attached hydrogens (tertiary/aromatic N) is 2. The van der Waals surface area contributed by atoms with Gasteiger partial charge >= 0.3 is 0 Å². The van der Waals surface area contributed by atoms with Crippen molar-refractivity contribution < 1.29 is 9.59 Å². The Morgan fingerprint density at radius 2 is 1.81 bits per heavy atom. The van der Waals surface area contributed by atoms with E-state index >= 15 is 0 Å². The van der Waals surface area contributed by atoms with Crippen LogP contribution in [0, 0.1) is 0 Å². The van der Waals surface area contributed by atoms with E-state index in [1.165, 1.54) is 11.3 Å². The minimum absolute atomic E-state index is 0.0512. The van der Waals surface area contributed by atoms with Crippen molar-refractivity contribution in [1.82, 2.24) is 15.1 Å². The maximum absolute atomic E-state index is 12.5. The van der Waals surface area contributed by atoms with Gasteiger partial charge in [-0.05, 0) is 23.4 Å². The molecule has 27 heavy (non-hydrogen) atoms. The van der Waals surface area contributed by atoms with E-state index in [1.807, 2.05) is 40.6 Å². The van der Waals surface area contributed by atoms with Crippen molar-refractivity contribution in [3.63, 3.8) is 0 Å². The van der Waals surface area contributed by atoms with Crippen LogP contribution in [0.3, 0.4) is 0 Å². The van der Waals surface area contributed by atoms with Crippen LogP contribution in [-0.2, 0) is 4.79 Å². The van der Waals surface area contributed by atoms with Gasteiger partial charge in [0, 0.05) is 26.2 Å². The van der Waals surface area contributed by atoms with Gasteiger partial charge < -0.3 is 10.2 Å². The zero-order valence-electron chi connectivity index (χ0n) is 15.8. The van der Waals surface area contributed by atoms with E-state index in [0.29, 0.717) is 19.6 Å². The molecule has 2 amide bonds. The molecule has 1 aliphatic rings. The lowest BCUT2D eigenvalue weighted by Gasteiger charge is -2.34. The Hall–Kier alpha value is -2.18. The van der Waals surface area contributed by atoms with E-state index in [2.05, 4.69) is 29.3 Å². The quantitative estimate of drug-likeness (QED) is 0.797. The third-order valence-electron chi connectivity index (χ3n) is 4.87. The number of nitrogens with one attached hydrogen (secondary N) is 1. The first-order valence-electron chi connectivity index (χ1n) is 9.57.